The molecule has 0 fully saturated rings. The van der Waals surface area contributed by atoms with Crippen molar-refractivity contribution in [1.82, 2.24) is 0 Å². The summed E-state index contributed by atoms with van der Waals surface area (Å²) in [6.45, 7) is 12.9. The van der Waals surface area contributed by atoms with E-state index in [9.17, 15) is 0 Å². The van der Waals surface area contributed by atoms with Crippen molar-refractivity contribution in [2.45, 2.75) is 52.6 Å². The maximum absolute atomic E-state index is 2.43. The van der Waals surface area contributed by atoms with Crippen LogP contribution in [0, 0.1) is 0 Å². The van der Waals surface area contributed by atoms with E-state index < -0.39 is 0 Å². The van der Waals surface area contributed by atoms with Gasteiger partial charge in [-0.1, -0.05) is 123 Å². The molecule has 0 amide bonds. The molecule has 0 radical (unpaired) electrons. The van der Waals surface area contributed by atoms with Gasteiger partial charge in [0.25, 0.3) is 0 Å². The average molecular weight is 553 g/mol. The van der Waals surface area contributed by atoms with Gasteiger partial charge < -0.3 is 9.80 Å². The highest BCUT2D eigenvalue weighted by Crippen LogP contribution is 2.31. The first-order valence-electron chi connectivity index (χ1n) is 15.4. The molecule has 0 saturated heterocycles. The Morgan fingerprint density at radius 1 is 0.405 bits per heavy atom. The summed E-state index contributed by atoms with van der Waals surface area (Å²) < 4.78 is 0. The quantitative estimate of drug-likeness (QED) is 0.152. The zero-order chi connectivity index (χ0) is 29.3. The van der Waals surface area contributed by atoms with E-state index in [1.807, 2.05) is 0 Å². The second kappa shape index (κ2) is 14.0. The van der Waals surface area contributed by atoms with E-state index in [2.05, 4.69) is 171 Å². The molecule has 2 nitrogen and oxygen atoms in total. The first kappa shape index (κ1) is 29.2. The van der Waals surface area contributed by atoms with Gasteiger partial charge in [-0.15, -0.1) is 0 Å². The normalized spacial score (nSPS) is 12.5. The summed E-state index contributed by atoms with van der Waals surface area (Å²) in [4.78, 5) is 4.85. The maximum atomic E-state index is 2.43. The molecule has 0 saturated carbocycles. The average Bonchev–Trinajstić information content (AvgIpc) is 3.06. The van der Waals surface area contributed by atoms with E-state index in [-0.39, 0.29) is 0 Å². The number of nitrogens with zero attached hydrogens (tertiary/aromatic N) is 2. The van der Waals surface area contributed by atoms with Crippen LogP contribution in [-0.2, 0) is 13.1 Å². The molecule has 2 heteroatoms. The van der Waals surface area contributed by atoms with E-state index in [1.54, 1.807) is 0 Å². The predicted octanol–water partition coefficient (Wildman–Crippen LogP) is 10.0. The van der Waals surface area contributed by atoms with Gasteiger partial charge in [-0.25, -0.2) is 0 Å². The van der Waals surface area contributed by atoms with Gasteiger partial charge in [0, 0.05) is 49.4 Å². The molecule has 2 unspecified atom stereocenters. The van der Waals surface area contributed by atoms with Crippen LogP contribution in [0.4, 0.5) is 11.4 Å². The summed E-state index contributed by atoms with van der Waals surface area (Å²) in [6.07, 6.45) is 0. The third kappa shape index (κ3) is 7.12. The molecular weight excluding hydrogens is 508 g/mol. The molecule has 5 aromatic carbocycles. The number of anilines is 2. The number of benzene rings is 5. The van der Waals surface area contributed by atoms with Gasteiger partial charge in [0.1, 0.15) is 0 Å². The minimum absolute atomic E-state index is 0.344. The molecule has 214 valence electrons. The van der Waals surface area contributed by atoms with Crippen molar-refractivity contribution in [3.8, 4) is 0 Å². The summed E-state index contributed by atoms with van der Waals surface area (Å²) in [5, 5.41) is 0. The van der Waals surface area contributed by atoms with E-state index >= 15 is 0 Å². The van der Waals surface area contributed by atoms with Crippen molar-refractivity contribution >= 4 is 11.4 Å². The fraction of sp³-hybridized carbons (Fsp3) is 0.250. The third-order valence-corrected chi connectivity index (χ3v) is 8.65. The molecule has 0 bridgehead atoms. The van der Waals surface area contributed by atoms with Crippen LogP contribution in [0.2, 0.25) is 0 Å². The van der Waals surface area contributed by atoms with Gasteiger partial charge >= 0.3 is 0 Å². The number of rotatable bonds is 12. The zero-order valence-corrected chi connectivity index (χ0v) is 25.6. The summed E-state index contributed by atoms with van der Waals surface area (Å²) >= 11 is 0. The van der Waals surface area contributed by atoms with Crippen LogP contribution in [0.1, 0.15) is 72.9 Å². The SMILES string of the molecule is CCN(Cc1ccccc1)c1ccc(C(C)c2ccc(C(C)c3ccc(N(CC)Cc4ccccc4)cc3)cc2)cc1. The Balaban J connectivity index is 1.22. The lowest BCUT2D eigenvalue weighted by atomic mass is 9.88. The lowest BCUT2D eigenvalue weighted by molar-refractivity contribution is 0.829. The third-order valence-electron chi connectivity index (χ3n) is 8.65. The Kier molecular flexibility index (Phi) is 9.77. The van der Waals surface area contributed by atoms with Crippen molar-refractivity contribution in [3.63, 3.8) is 0 Å². The Labute approximate surface area is 253 Å². The molecule has 0 aliphatic rings. The van der Waals surface area contributed by atoms with Crippen LogP contribution < -0.4 is 9.80 Å². The van der Waals surface area contributed by atoms with E-state index in [0.717, 1.165) is 26.2 Å². The van der Waals surface area contributed by atoms with Crippen LogP contribution in [0.3, 0.4) is 0 Å². The van der Waals surface area contributed by atoms with Crippen LogP contribution in [0.5, 0.6) is 0 Å². The Morgan fingerprint density at radius 3 is 0.976 bits per heavy atom. The molecule has 5 rings (SSSR count). The van der Waals surface area contributed by atoms with E-state index in [0.29, 0.717) is 11.8 Å². The van der Waals surface area contributed by atoms with Crippen molar-refractivity contribution < 1.29 is 0 Å². The molecule has 42 heavy (non-hydrogen) atoms. The van der Waals surface area contributed by atoms with Crippen LogP contribution in [-0.4, -0.2) is 13.1 Å². The zero-order valence-electron chi connectivity index (χ0n) is 25.6. The summed E-state index contributed by atoms with van der Waals surface area (Å²) in [5.41, 5.74) is 10.6. The molecule has 5 aromatic rings. The summed E-state index contributed by atoms with van der Waals surface area (Å²) in [7, 11) is 0. The van der Waals surface area contributed by atoms with Gasteiger partial charge in [0.15, 0.2) is 0 Å². The molecule has 0 spiro atoms. The molecule has 2 atom stereocenters. The summed E-state index contributed by atoms with van der Waals surface area (Å²) in [5.74, 6) is 0.688. The van der Waals surface area contributed by atoms with Gasteiger partial charge in [-0.2, -0.15) is 0 Å². The topological polar surface area (TPSA) is 6.48 Å². The van der Waals surface area contributed by atoms with Crippen molar-refractivity contribution in [3.05, 3.63) is 167 Å². The first-order valence-corrected chi connectivity index (χ1v) is 15.4. The monoisotopic (exact) mass is 552 g/mol. The molecule has 0 aliphatic heterocycles. The molecule has 0 heterocycles. The first-order chi connectivity index (χ1) is 20.6. The smallest absolute Gasteiger partial charge is 0.0429 e. The molecular formula is C40H44N2. The van der Waals surface area contributed by atoms with Gasteiger partial charge in [-0.3, -0.25) is 0 Å². The number of hydrogen-bond acceptors (Lipinski definition) is 2. The fourth-order valence-electron chi connectivity index (χ4n) is 5.78. The van der Waals surface area contributed by atoms with Crippen LogP contribution in [0.25, 0.3) is 0 Å². The highest BCUT2D eigenvalue weighted by atomic mass is 15.1. The van der Waals surface area contributed by atoms with Crippen molar-refractivity contribution in [1.29, 1.82) is 0 Å². The lowest BCUT2D eigenvalue weighted by Crippen LogP contribution is -2.21. The maximum Gasteiger partial charge on any atom is 0.0429 e. The predicted molar refractivity (Wildman–Crippen MR) is 181 cm³/mol. The van der Waals surface area contributed by atoms with Gasteiger partial charge in [-0.05, 0) is 71.5 Å². The lowest BCUT2D eigenvalue weighted by Gasteiger charge is -2.24. The van der Waals surface area contributed by atoms with E-state index in [4.69, 9.17) is 0 Å². The van der Waals surface area contributed by atoms with Gasteiger partial charge in [0.05, 0.1) is 0 Å². The minimum atomic E-state index is 0.344. The van der Waals surface area contributed by atoms with E-state index in [1.165, 1.54) is 44.8 Å². The van der Waals surface area contributed by atoms with Crippen LogP contribution in [0.15, 0.2) is 133 Å². The van der Waals surface area contributed by atoms with Gasteiger partial charge in [0.2, 0.25) is 0 Å². The van der Waals surface area contributed by atoms with Crippen molar-refractivity contribution in [2.75, 3.05) is 22.9 Å². The molecule has 0 N–H and O–H groups in total. The minimum Gasteiger partial charge on any atom is -0.367 e. The standard InChI is InChI=1S/C40H44N2/c1-5-41(29-33-13-9-7-10-14-33)39-25-21-37(22-26-39)31(3)35-17-19-36(20-18-35)32(4)38-23-27-40(28-24-38)42(6-2)30-34-15-11-8-12-16-34/h7-28,31-32H,5-6,29-30H2,1-4H3. The number of hydrogen-bond donors (Lipinski definition) is 0. The second-order valence-electron chi connectivity index (χ2n) is 11.3. The largest absolute Gasteiger partial charge is 0.367 e. The Morgan fingerprint density at radius 2 is 0.690 bits per heavy atom. The highest BCUT2D eigenvalue weighted by Gasteiger charge is 2.14. The Bertz CT molecular complexity index is 1370. The second-order valence-corrected chi connectivity index (χ2v) is 11.3. The van der Waals surface area contributed by atoms with Crippen LogP contribution >= 0.6 is 0 Å². The molecule has 0 aromatic heterocycles. The summed E-state index contributed by atoms with van der Waals surface area (Å²) in [6, 6.07) is 48.9. The van der Waals surface area contributed by atoms with Crippen molar-refractivity contribution in [2.24, 2.45) is 0 Å². The highest BCUT2D eigenvalue weighted by molar-refractivity contribution is 5.51. The molecule has 0 aliphatic carbocycles. The fourth-order valence-corrected chi connectivity index (χ4v) is 5.78. The Hall–Kier alpha value is -4.30.